The fourth-order valence-electron chi connectivity index (χ4n) is 4.35. The molecule has 8 nitrogen and oxygen atoms in total. The topological polar surface area (TPSA) is 84.0 Å². The van der Waals surface area contributed by atoms with Crippen LogP contribution in [0.3, 0.4) is 0 Å². The number of fused-ring (bicyclic) bond motifs is 1. The van der Waals surface area contributed by atoms with Crippen molar-refractivity contribution in [3.05, 3.63) is 53.2 Å². The maximum atomic E-state index is 12.7. The van der Waals surface area contributed by atoms with Crippen LogP contribution in [0.2, 0.25) is 0 Å². The number of amides is 1. The number of methoxy groups -OCH3 is 1. The third kappa shape index (κ3) is 5.90. The molecule has 1 atom stereocenters. The average Bonchev–Trinajstić information content (AvgIpc) is 2.84. The van der Waals surface area contributed by atoms with Crippen LogP contribution in [-0.4, -0.2) is 65.6 Å². The smallest absolute Gasteiger partial charge is 0.252 e. The molecule has 1 aromatic heterocycles. The second-order valence-electron chi connectivity index (χ2n) is 8.52. The van der Waals surface area contributed by atoms with E-state index in [4.69, 9.17) is 9.47 Å². The van der Waals surface area contributed by atoms with Gasteiger partial charge in [-0.3, -0.25) is 4.79 Å². The lowest BCUT2D eigenvalue weighted by atomic mass is 9.98. The van der Waals surface area contributed by atoms with Gasteiger partial charge in [-0.1, -0.05) is 24.3 Å². The van der Waals surface area contributed by atoms with Crippen molar-refractivity contribution in [3.63, 3.8) is 0 Å². The Kier molecular flexibility index (Phi) is 7.95. The van der Waals surface area contributed by atoms with Crippen LogP contribution in [0, 0.1) is 5.92 Å². The van der Waals surface area contributed by atoms with E-state index in [-0.39, 0.29) is 5.91 Å². The van der Waals surface area contributed by atoms with Crippen molar-refractivity contribution in [1.29, 1.82) is 0 Å². The van der Waals surface area contributed by atoms with Crippen molar-refractivity contribution in [1.82, 2.24) is 14.6 Å². The Hall–Kier alpha value is -2.49. The highest BCUT2D eigenvalue weighted by Gasteiger charge is 2.24. The first kappa shape index (κ1) is 23.7. The van der Waals surface area contributed by atoms with E-state index < -0.39 is 11.0 Å². The van der Waals surface area contributed by atoms with Gasteiger partial charge in [0.2, 0.25) is 0 Å². The van der Waals surface area contributed by atoms with Gasteiger partial charge in [-0.15, -0.1) is 0 Å². The highest BCUT2D eigenvalue weighted by Crippen LogP contribution is 2.31. The van der Waals surface area contributed by atoms with Crippen LogP contribution in [0.4, 0.5) is 5.82 Å². The summed E-state index contributed by atoms with van der Waals surface area (Å²) in [6.45, 7) is 4.77. The number of anilines is 1. The average molecular weight is 473 g/mol. The molecule has 0 bridgehead atoms. The molecule has 33 heavy (non-hydrogen) atoms. The molecule has 1 aromatic carbocycles. The number of piperidine rings is 1. The minimum atomic E-state index is -0.916. The molecule has 1 saturated heterocycles. The maximum absolute atomic E-state index is 12.7. The van der Waals surface area contributed by atoms with Gasteiger partial charge < -0.3 is 19.7 Å². The van der Waals surface area contributed by atoms with Gasteiger partial charge in [0.15, 0.2) is 11.6 Å². The summed E-state index contributed by atoms with van der Waals surface area (Å²) >= 11 is 0. The van der Waals surface area contributed by atoms with Gasteiger partial charge in [-0.2, -0.15) is 0 Å². The molecule has 3 heterocycles. The third-order valence-corrected chi connectivity index (χ3v) is 7.37. The first-order valence-electron chi connectivity index (χ1n) is 11.4. The lowest BCUT2D eigenvalue weighted by molar-refractivity contribution is 0.0941. The van der Waals surface area contributed by atoms with Gasteiger partial charge >= 0.3 is 0 Å². The second-order valence-corrected chi connectivity index (χ2v) is 9.89. The molecular formula is C24H32N4O4S. The van der Waals surface area contributed by atoms with Crippen LogP contribution < -0.4 is 15.0 Å². The number of pyridine rings is 1. The zero-order valence-corrected chi connectivity index (χ0v) is 20.1. The zero-order chi connectivity index (χ0) is 23.2. The Morgan fingerprint density at radius 1 is 1.24 bits per heavy atom. The number of nitrogens with zero attached hydrogens (tertiary/aromatic N) is 3. The highest BCUT2D eigenvalue weighted by atomic mass is 32.2. The summed E-state index contributed by atoms with van der Waals surface area (Å²) < 4.78 is 24.7. The van der Waals surface area contributed by atoms with Gasteiger partial charge in [-0.05, 0) is 36.0 Å². The number of benzene rings is 1. The SMILES string of the molecule is COCc1ccccc1CN1CCOc2cc(C(=O)NCC3CCN(S(C)=O)CC3)cnc21. The fraction of sp³-hybridized carbons (Fsp3) is 0.500. The number of rotatable bonds is 8. The molecule has 0 radical (unpaired) electrons. The Morgan fingerprint density at radius 3 is 2.73 bits per heavy atom. The first-order valence-corrected chi connectivity index (χ1v) is 12.9. The van der Waals surface area contributed by atoms with Crippen LogP contribution in [0.25, 0.3) is 0 Å². The van der Waals surface area contributed by atoms with E-state index in [1.165, 1.54) is 5.56 Å². The predicted molar refractivity (Wildman–Crippen MR) is 129 cm³/mol. The molecule has 0 spiro atoms. The molecule has 0 aliphatic carbocycles. The number of aromatic nitrogens is 1. The molecule has 2 aromatic rings. The molecular weight excluding hydrogens is 440 g/mol. The summed E-state index contributed by atoms with van der Waals surface area (Å²) in [6, 6.07) is 10.0. The van der Waals surface area contributed by atoms with Crippen molar-refractivity contribution < 1.29 is 18.5 Å². The van der Waals surface area contributed by atoms with Crippen LogP contribution in [0.5, 0.6) is 5.75 Å². The van der Waals surface area contributed by atoms with E-state index in [9.17, 15) is 9.00 Å². The summed E-state index contributed by atoms with van der Waals surface area (Å²) in [4.78, 5) is 19.5. The van der Waals surface area contributed by atoms with Gasteiger partial charge in [0.25, 0.3) is 5.91 Å². The van der Waals surface area contributed by atoms with Crippen LogP contribution in [0.1, 0.15) is 34.3 Å². The zero-order valence-electron chi connectivity index (χ0n) is 19.3. The van der Waals surface area contributed by atoms with Gasteiger partial charge in [0.05, 0.1) is 29.7 Å². The monoisotopic (exact) mass is 472 g/mol. The molecule has 1 unspecified atom stereocenters. The number of carbonyl (C=O) groups is 1. The first-order chi connectivity index (χ1) is 16.0. The number of hydrogen-bond donors (Lipinski definition) is 1. The summed E-state index contributed by atoms with van der Waals surface area (Å²) in [5, 5.41) is 3.04. The normalized spacial score (nSPS) is 17.8. The van der Waals surface area contributed by atoms with Gasteiger partial charge in [-0.25, -0.2) is 13.5 Å². The third-order valence-electron chi connectivity index (χ3n) is 6.28. The van der Waals surface area contributed by atoms with Crippen LogP contribution in [-0.2, 0) is 28.9 Å². The minimum Gasteiger partial charge on any atom is -0.488 e. The Bertz CT molecular complexity index is 994. The molecule has 2 aliphatic rings. The van der Waals surface area contributed by atoms with E-state index >= 15 is 0 Å². The molecule has 1 amide bonds. The van der Waals surface area contributed by atoms with E-state index in [1.807, 2.05) is 16.4 Å². The van der Waals surface area contributed by atoms with E-state index in [0.29, 0.717) is 43.5 Å². The number of nitrogens with one attached hydrogen (secondary N) is 1. The lowest BCUT2D eigenvalue weighted by Crippen LogP contribution is -2.39. The largest absolute Gasteiger partial charge is 0.488 e. The number of hydrogen-bond acceptors (Lipinski definition) is 6. The van der Waals surface area contributed by atoms with Crippen molar-refractivity contribution in [2.45, 2.75) is 26.0 Å². The van der Waals surface area contributed by atoms with E-state index in [1.54, 1.807) is 25.6 Å². The molecule has 178 valence electrons. The highest BCUT2D eigenvalue weighted by molar-refractivity contribution is 7.81. The molecule has 9 heteroatoms. The quantitative estimate of drug-likeness (QED) is 0.635. The molecule has 1 N–H and O–H groups in total. The fourth-order valence-corrected chi connectivity index (χ4v) is 5.08. The van der Waals surface area contributed by atoms with Crippen molar-refractivity contribution in [2.75, 3.05) is 51.1 Å². The van der Waals surface area contributed by atoms with Crippen molar-refractivity contribution in [2.24, 2.45) is 5.92 Å². The molecule has 4 rings (SSSR count). The second kappa shape index (κ2) is 11.1. The Morgan fingerprint density at radius 2 is 2.00 bits per heavy atom. The molecule has 0 saturated carbocycles. The Balaban J connectivity index is 1.38. The maximum Gasteiger partial charge on any atom is 0.252 e. The summed E-state index contributed by atoms with van der Waals surface area (Å²) in [5.74, 6) is 1.65. The Labute approximate surface area is 197 Å². The molecule has 1 fully saturated rings. The standard InChI is InChI=1S/C24H32N4O4S/c1-31-17-20-6-4-3-5-19(20)16-27-11-12-32-22-13-21(15-25-23(22)27)24(29)26-14-18-7-9-28(10-8-18)33(2)30/h3-6,13,15,18H,7-12,14,16-17H2,1-2H3,(H,26,29). The van der Waals surface area contributed by atoms with E-state index in [2.05, 4.69) is 27.3 Å². The van der Waals surface area contributed by atoms with Crippen LogP contribution in [0.15, 0.2) is 36.5 Å². The van der Waals surface area contributed by atoms with Crippen molar-refractivity contribution >= 4 is 22.7 Å². The van der Waals surface area contributed by atoms with E-state index in [0.717, 1.165) is 43.9 Å². The van der Waals surface area contributed by atoms with Crippen molar-refractivity contribution in [3.8, 4) is 5.75 Å². The lowest BCUT2D eigenvalue weighted by Gasteiger charge is -2.31. The van der Waals surface area contributed by atoms with Gasteiger partial charge in [0, 0.05) is 45.7 Å². The molecule has 2 aliphatic heterocycles. The number of ether oxygens (including phenoxy) is 2. The number of carbonyl (C=O) groups excluding carboxylic acids is 1. The minimum absolute atomic E-state index is 0.141. The van der Waals surface area contributed by atoms with Gasteiger partial charge in [0.1, 0.15) is 6.61 Å². The summed E-state index contributed by atoms with van der Waals surface area (Å²) in [5.41, 5.74) is 2.84. The summed E-state index contributed by atoms with van der Waals surface area (Å²) in [7, 11) is 0.783. The predicted octanol–water partition coefficient (Wildman–Crippen LogP) is 2.36. The summed E-state index contributed by atoms with van der Waals surface area (Å²) in [6.07, 6.45) is 5.21. The van der Waals surface area contributed by atoms with Crippen LogP contribution >= 0.6 is 0 Å².